The number of hydrogen-bond donors (Lipinski definition) is 4. The Bertz CT molecular complexity index is 2360. The van der Waals surface area contributed by atoms with Gasteiger partial charge < -0.3 is 31.1 Å². The van der Waals surface area contributed by atoms with Crippen LogP contribution in [-0.4, -0.2) is 96.1 Å². The second-order valence-corrected chi connectivity index (χ2v) is 20.3. The summed E-state index contributed by atoms with van der Waals surface area (Å²) in [6, 6.07) is 36.6. The Morgan fingerprint density at radius 2 is 0.739 bits per heavy atom. The third-order valence-electron chi connectivity index (χ3n) is 15.3. The van der Waals surface area contributed by atoms with Gasteiger partial charge in [0.2, 0.25) is 23.6 Å². The summed E-state index contributed by atoms with van der Waals surface area (Å²) in [5.41, 5.74) is 4.17. The van der Waals surface area contributed by atoms with E-state index in [0.29, 0.717) is 17.7 Å². The predicted molar refractivity (Wildman–Crippen MR) is 265 cm³/mol. The van der Waals surface area contributed by atoms with Crippen LogP contribution in [0.2, 0.25) is 0 Å². The van der Waals surface area contributed by atoms with Crippen LogP contribution in [0.15, 0.2) is 115 Å². The van der Waals surface area contributed by atoms with Gasteiger partial charge in [0.25, 0.3) is 11.8 Å². The van der Waals surface area contributed by atoms with Crippen molar-refractivity contribution in [1.82, 2.24) is 31.1 Å². The number of nitrogens with zero attached hydrogens (tertiary/aromatic N) is 2. The standard InChI is InChI=1S/C57H68N6O6/c1-2-3-4-5-6-7-8-18-29-58-52(64)45-33-62(34-46(45)53(65)59-49-30-42(49)37-19-12-9-13-20-37)56(68)40-25-27-41(28-26-40)57(69)63-35-47(54(66)60-50-31-43(50)38-21-14-10-15-22-38)48(36-63)55(67)61-51-32-44(51)39-23-16-11-17-24-39/h9-17,19-28,42-51H,2-8,18,29-36H2,1H3,(H,58,64)(H,59,65)(H,60,66)(H,61,67)/t42-,43-,44-,45-,46-,47-,48-,49+,50+,51+/m1/s1. The van der Waals surface area contributed by atoms with E-state index < -0.39 is 23.7 Å². The minimum Gasteiger partial charge on any atom is -0.356 e. The number of rotatable bonds is 21. The summed E-state index contributed by atoms with van der Waals surface area (Å²) in [4.78, 5) is 87.2. The second-order valence-electron chi connectivity index (χ2n) is 20.3. The van der Waals surface area contributed by atoms with Gasteiger partial charge in [0, 0.05) is 79.7 Å². The summed E-state index contributed by atoms with van der Waals surface area (Å²) in [5, 5.41) is 12.7. The smallest absolute Gasteiger partial charge is 0.253 e. The Kier molecular flexibility index (Phi) is 15.2. The maximum Gasteiger partial charge on any atom is 0.253 e. The molecule has 2 heterocycles. The molecule has 0 unspecified atom stereocenters. The Morgan fingerprint density at radius 3 is 1.09 bits per heavy atom. The molecule has 5 aliphatic rings. The first kappa shape index (κ1) is 47.8. The maximum atomic E-state index is 14.2. The maximum absolute atomic E-state index is 14.2. The lowest BCUT2D eigenvalue weighted by Crippen LogP contribution is -2.43. The first-order chi connectivity index (χ1) is 33.7. The lowest BCUT2D eigenvalue weighted by Gasteiger charge is -2.18. The van der Waals surface area contributed by atoms with Crippen molar-refractivity contribution in [3.05, 3.63) is 143 Å². The van der Waals surface area contributed by atoms with E-state index in [0.717, 1.165) is 38.5 Å². The van der Waals surface area contributed by atoms with Crippen LogP contribution < -0.4 is 21.3 Å². The molecular formula is C57H68N6O6. The number of amides is 6. The van der Waals surface area contributed by atoms with Gasteiger partial charge in [-0.1, -0.05) is 143 Å². The molecule has 0 aromatic heterocycles. The van der Waals surface area contributed by atoms with Crippen LogP contribution in [0.4, 0.5) is 0 Å². The van der Waals surface area contributed by atoms with Gasteiger partial charge in [-0.25, -0.2) is 0 Å². The van der Waals surface area contributed by atoms with E-state index >= 15 is 0 Å². The summed E-state index contributed by atoms with van der Waals surface area (Å²) >= 11 is 0. The molecule has 362 valence electrons. The number of nitrogens with one attached hydrogen (secondary N) is 4. The first-order valence-corrected chi connectivity index (χ1v) is 25.7. The normalized spacial score (nSPS) is 26.4. The molecule has 9 rings (SSSR count). The molecule has 12 heteroatoms. The van der Waals surface area contributed by atoms with Crippen LogP contribution in [0, 0.1) is 23.7 Å². The summed E-state index contributed by atoms with van der Waals surface area (Å²) in [7, 11) is 0. The van der Waals surface area contributed by atoms with Crippen molar-refractivity contribution in [3.8, 4) is 0 Å². The zero-order chi connectivity index (χ0) is 47.9. The lowest BCUT2D eigenvalue weighted by atomic mass is 9.94. The van der Waals surface area contributed by atoms with Crippen LogP contribution in [0.3, 0.4) is 0 Å². The van der Waals surface area contributed by atoms with Gasteiger partial charge in [-0.3, -0.25) is 28.8 Å². The molecule has 2 aliphatic heterocycles. The summed E-state index contributed by atoms with van der Waals surface area (Å²) in [5.74, 6) is -3.73. The highest BCUT2D eigenvalue weighted by molar-refractivity contribution is 6.00. The fourth-order valence-electron chi connectivity index (χ4n) is 10.9. The topological polar surface area (TPSA) is 157 Å². The van der Waals surface area contributed by atoms with Crippen molar-refractivity contribution in [2.24, 2.45) is 23.7 Å². The van der Waals surface area contributed by atoms with Crippen molar-refractivity contribution >= 4 is 35.4 Å². The highest BCUT2D eigenvalue weighted by Gasteiger charge is 2.50. The van der Waals surface area contributed by atoms with Crippen LogP contribution in [0.5, 0.6) is 0 Å². The molecule has 0 spiro atoms. The molecule has 6 amide bonds. The van der Waals surface area contributed by atoms with Crippen molar-refractivity contribution in [3.63, 3.8) is 0 Å². The molecule has 0 bridgehead atoms. The van der Waals surface area contributed by atoms with Gasteiger partial charge >= 0.3 is 0 Å². The average molecular weight is 933 g/mol. The average Bonchev–Trinajstić information content (AvgIpc) is 4.35. The van der Waals surface area contributed by atoms with E-state index in [1.165, 1.54) is 48.8 Å². The molecule has 4 aromatic carbocycles. The van der Waals surface area contributed by atoms with Gasteiger partial charge in [0.15, 0.2) is 0 Å². The number of benzene rings is 4. The molecule has 69 heavy (non-hydrogen) atoms. The first-order valence-electron chi connectivity index (χ1n) is 25.7. The van der Waals surface area contributed by atoms with E-state index in [9.17, 15) is 28.8 Å². The van der Waals surface area contributed by atoms with E-state index in [1.807, 2.05) is 54.6 Å². The number of likely N-dealkylation sites (tertiary alicyclic amines) is 2. The minimum atomic E-state index is -0.726. The quantitative estimate of drug-likeness (QED) is 0.0642. The predicted octanol–water partition coefficient (Wildman–Crippen LogP) is 7.34. The molecule has 5 fully saturated rings. The molecule has 10 atom stereocenters. The van der Waals surface area contributed by atoms with Crippen LogP contribution >= 0.6 is 0 Å². The van der Waals surface area contributed by atoms with Gasteiger partial charge in [-0.05, 0) is 66.6 Å². The molecule has 3 saturated carbocycles. The fraction of sp³-hybridized carbons (Fsp3) is 0.474. The fourth-order valence-corrected chi connectivity index (χ4v) is 10.9. The Labute approximate surface area is 406 Å². The van der Waals surface area contributed by atoms with Gasteiger partial charge in [0.05, 0.1) is 23.7 Å². The van der Waals surface area contributed by atoms with E-state index in [1.54, 1.807) is 34.1 Å². The minimum absolute atomic E-state index is 0.0175. The van der Waals surface area contributed by atoms with Crippen molar-refractivity contribution < 1.29 is 28.8 Å². The third kappa shape index (κ3) is 11.8. The zero-order valence-corrected chi connectivity index (χ0v) is 39.9. The zero-order valence-electron chi connectivity index (χ0n) is 39.9. The third-order valence-corrected chi connectivity index (χ3v) is 15.3. The van der Waals surface area contributed by atoms with Crippen LogP contribution in [-0.2, 0) is 19.2 Å². The largest absolute Gasteiger partial charge is 0.356 e. The molecular weight excluding hydrogens is 865 g/mol. The lowest BCUT2D eigenvalue weighted by molar-refractivity contribution is -0.133. The van der Waals surface area contributed by atoms with E-state index in [2.05, 4.69) is 64.6 Å². The van der Waals surface area contributed by atoms with Gasteiger partial charge in [0.1, 0.15) is 0 Å². The van der Waals surface area contributed by atoms with Crippen LogP contribution in [0.1, 0.15) is 133 Å². The Hall–Kier alpha value is -6.30. The summed E-state index contributed by atoms with van der Waals surface area (Å²) in [6.45, 7) is 3.13. The number of carbonyl (C=O) groups excluding carboxylic acids is 6. The molecule has 0 radical (unpaired) electrons. The van der Waals surface area contributed by atoms with Gasteiger partial charge in [-0.2, -0.15) is 0 Å². The summed E-state index contributed by atoms with van der Waals surface area (Å²) < 4.78 is 0. The monoisotopic (exact) mass is 933 g/mol. The number of carbonyl (C=O) groups is 6. The molecule has 2 saturated heterocycles. The second kappa shape index (κ2) is 22.0. The van der Waals surface area contributed by atoms with Crippen molar-refractivity contribution in [1.29, 1.82) is 0 Å². The SMILES string of the molecule is CCCCCCCCCCNC(=O)[C@@H]1CN(C(=O)c2ccc(C(=O)N3C[C@@H](C(=O)N[C@H]4C[C@@H]4c4ccccc4)[C@H](C(=O)N[C@H]4C[C@@H]4c4ccccc4)C3)cc2)C[C@H]1C(=O)N[C@H]1C[C@@H]1c1ccccc1. The highest BCUT2D eigenvalue weighted by atomic mass is 16.2. The van der Waals surface area contributed by atoms with Crippen molar-refractivity contribution in [2.45, 2.75) is 113 Å². The molecule has 4 aromatic rings. The number of unbranched alkanes of at least 4 members (excludes halogenated alkanes) is 7. The number of hydrogen-bond acceptors (Lipinski definition) is 6. The summed E-state index contributed by atoms with van der Waals surface area (Å²) in [6.07, 6.45) is 11.7. The Balaban J connectivity index is 0.831. The molecule has 3 aliphatic carbocycles. The highest BCUT2D eigenvalue weighted by Crippen LogP contribution is 2.43. The molecule has 12 nitrogen and oxygen atoms in total. The molecule has 4 N–H and O–H groups in total. The van der Waals surface area contributed by atoms with Crippen LogP contribution in [0.25, 0.3) is 0 Å². The van der Waals surface area contributed by atoms with Gasteiger partial charge in [-0.15, -0.1) is 0 Å². The van der Waals surface area contributed by atoms with E-state index in [-0.39, 0.29) is 97.5 Å². The van der Waals surface area contributed by atoms with Crippen molar-refractivity contribution in [2.75, 3.05) is 32.7 Å². The Morgan fingerprint density at radius 1 is 0.420 bits per heavy atom. The van der Waals surface area contributed by atoms with E-state index in [4.69, 9.17) is 0 Å².